The lowest BCUT2D eigenvalue weighted by Gasteiger charge is -2.04. The zero-order valence-electron chi connectivity index (χ0n) is 9.01. The fourth-order valence-corrected chi connectivity index (χ4v) is 1.69. The van der Waals surface area contributed by atoms with Crippen molar-refractivity contribution < 1.29 is 4.79 Å². The first-order valence-corrected chi connectivity index (χ1v) is 5.58. The van der Waals surface area contributed by atoms with E-state index in [9.17, 15) is 4.79 Å². The fourth-order valence-electron chi connectivity index (χ4n) is 1.34. The van der Waals surface area contributed by atoms with Crippen LogP contribution < -0.4 is 11.1 Å². The highest BCUT2D eigenvalue weighted by Gasteiger charge is 2.15. The first-order chi connectivity index (χ1) is 8.08. The third-order valence-electron chi connectivity index (χ3n) is 2.08. The number of nitrogens with two attached hydrogens (primary N) is 1. The quantitative estimate of drug-likeness (QED) is 0.820. The molecule has 0 saturated carbocycles. The van der Waals surface area contributed by atoms with Crippen molar-refractivity contribution in [3.8, 4) is 0 Å². The number of aryl methyl sites for hydroxylation is 1. The number of carbonyl (C=O) groups excluding carboxylic acids is 1. The summed E-state index contributed by atoms with van der Waals surface area (Å²) >= 11 is 3.24. The van der Waals surface area contributed by atoms with Gasteiger partial charge in [0.1, 0.15) is 4.60 Å². The average molecular weight is 296 g/mol. The maximum absolute atomic E-state index is 11.9. The molecule has 17 heavy (non-hydrogen) atoms. The van der Waals surface area contributed by atoms with E-state index in [0.717, 1.165) is 0 Å². The summed E-state index contributed by atoms with van der Waals surface area (Å²) in [5.74, 6) is -0.364. The molecule has 0 saturated heterocycles. The third kappa shape index (κ3) is 2.44. The van der Waals surface area contributed by atoms with Gasteiger partial charge in [-0.1, -0.05) is 0 Å². The monoisotopic (exact) mass is 295 g/mol. The van der Waals surface area contributed by atoms with Crippen LogP contribution in [0.1, 0.15) is 10.5 Å². The molecule has 0 bridgehead atoms. The van der Waals surface area contributed by atoms with Crippen molar-refractivity contribution in [3.05, 3.63) is 34.8 Å². The first-order valence-electron chi connectivity index (χ1n) is 4.79. The predicted octanol–water partition coefficient (Wildman–Crippen LogP) is 1.41. The van der Waals surface area contributed by atoms with Crippen LogP contribution in [0.15, 0.2) is 29.1 Å². The Kier molecular flexibility index (Phi) is 3.10. The Morgan fingerprint density at radius 3 is 2.94 bits per heavy atom. The van der Waals surface area contributed by atoms with Gasteiger partial charge in [-0.2, -0.15) is 5.10 Å². The number of nitrogens with one attached hydrogen (secondary N) is 1. The zero-order valence-corrected chi connectivity index (χ0v) is 10.6. The number of carbonyl (C=O) groups is 1. The number of hydrogen-bond donors (Lipinski definition) is 2. The molecule has 2 aromatic rings. The molecular weight excluding hydrogens is 286 g/mol. The van der Waals surface area contributed by atoms with E-state index in [1.807, 2.05) is 0 Å². The Hall–Kier alpha value is -1.89. The van der Waals surface area contributed by atoms with E-state index in [2.05, 4.69) is 31.3 Å². The molecule has 0 atom stereocenters. The molecule has 0 unspecified atom stereocenters. The molecule has 0 aliphatic carbocycles. The van der Waals surface area contributed by atoms with Gasteiger partial charge in [0.15, 0.2) is 5.69 Å². The molecule has 7 heteroatoms. The molecule has 88 valence electrons. The van der Waals surface area contributed by atoms with Gasteiger partial charge >= 0.3 is 0 Å². The molecule has 0 aliphatic heterocycles. The molecule has 0 radical (unpaired) electrons. The van der Waals surface area contributed by atoms with Crippen LogP contribution in [0.2, 0.25) is 0 Å². The number of rotatable bonds is 2. The lowest BCUT2D eigenvalue weighted by Crippen LogP contribution is -2.15. The summed E-state index contributed by atoms with van der Waals surface area (Å²) in [6.07, 6.45) is 3.20. The molecular formula is C10H10BrN5O. The second-order valence-electron chi connectivity index (χ2n) is 3.40. The Morgan fingerprint density at radius 2 is 2.35 bits per heavy atom. The van der Waals surface area contributed by atoms with E-state index in [4.69, 9.17) is 5.73 Å². The second kappa shape index (κ2) is 4.54. The Labute approximate surface area is 106 Å². The molecule has 6 nitrogen and oxygen atoms in total. The smallest absolute Gasteiger partial charge is 0.278 e. The molecule has 0 fully saturated rings. The van der Waals surface area contributed by atoms with Crippen molar-refractivity contribution in [2.24, 2.45) is 7.05 Å². The van der Waals surface area contributed by atoms with Crippen LogP contribution in [0.25, 0.3) is 0 Å². The van der Waals surface area contributed by atoms with Crippen molar-refractivity contribution in [2.45, 2.75) is 0 Å². The van der Waals surface area contributed by atoms with E-state index >= 15 is 0 Å². The van der Waals surface area contributed by atoms with Crippen LogP contribution in [-0.4, -0.2) is 20.7 Å². The van der Waals surface area contributed by atoms with Crippen LogP contribution in [0.5, 0.6) is 0 Å². The molecule has 0 aliphatic rings. The van der Waals surface area contributed by atoms with Crippen molar-refractivity contribution in [1.82, 2.24) is 14.8 Å². The first kappa shape index (κ1) is 11.6. The number of nitrogens with zero attached hydrogens (tertiary/aromatic N) is 3. The Balaban J connectivity index is 2.23. The van der Waals surface area contributed by atoms with E-state index in [1.165, 1.54) is 4.68 Å². The molecule has 3 N–H and O–H groups in total. The summed E-state index contributed by atoms with van der Waals surface area (Å²) in [7, 11) is 1.70. The van der Waals surface area contributed by atoms with Gasteiger partial charge in [-0.3, -0.25) is 9.48 Å². The van der Waals surface area contributed by atoms with E-state index < -0.39 is 0 Å². The highest BCUT2D eigenvalue weighted by Crippen LogP contribution is 2.19. The topological polar surface area (TPSA) is 85.8 Å². The minimum Gasteiger partial charge on any atom is -0.396 e. The molecule has 0 aromatic carbocycles. The number of amides is 1. The number of aromatic nitrogens is 3. The van der Waals surface area contributed by atoms with Crippen LogP contribution >= 0.6 is 15.9 Å². The predicted molar refractivity (Wildman–Crippen MR) is 67.5 cm³/mol. The van der Waals surface area contributed by atoms with Gasteiger partial charge in [-0.25, -0.2) is 4.98 Å². The van der Waals surface area contributed by atoms with Gasteiger partial charge in [-0.05, 0) is 28.1 Å². The van der Waals surface area contributed by atoms with Crippen LogP contribution in [0.4, 0.5) is 11.4 Å². The Bertz CT molecular complexity index is 566. The van der Waals surface area contributed by atoms with E-state index in [0.29, 0.717) is 16.0 Å². The van der Waals surface area contributed by atoms with Gasteiger partial charge in [0.25, 0.3) is 5.91 Å². The summed E-state index contributed by atoms with van der Waals surface area (Å²) in [4.78, 5) is 15.9. The number of pyridine rings is 1. The summed E-state index contributed by atoms with van der Waals surface area (Å²) in [5, 5.41) is 6.66. The average Bonchev–Trinajstić information content (AvgIpc) is 2.61. The third-order valence-corrected chi connectivity index (χ3v) is 2.71. The van der Waals surface area contributed by atoms with Crippen molar-refractivity contribution in [3.63, 3.8) is 0 Å². The highest BCUT2D eigenvalue weighted by molar-refractivity contribution is 9.10. The van der Waals surface area contributed by atoms with Gasteiger partial charge in [0.2, 0.25) is 0 Å². The van der Waals surface area contributed by atoms with Crippen LogP contribution in [0.3, 0.4) is 0 Å². The maximum Gasteiger partial charge on any atom is 0.278 e. The van der Waals surface area contributed by atoms with Crippen LogP contribution in [0, 0.1) is 0 Å². The van der Waals surface area contributed by atoms with Gasteiger partial charge in [0, 0.05) is 19.4 Å². The SMILES string of the molecule is Cn1cc(N)c(C(=O)Nc2cccnc2Br)n1. The van der Waals surface area contributed by atoms with Crippen molar-refractivity contribution >= 4 is 33.2 Å². The number of nitrogen functional groups attached to an aromatic ring is 1. The lowest BCUT2D eigenvalue weighted by atomic mass is 10.3. The van der Waals surface area contributed by atoms with Gasteiger partial charge < -0.3 is 11.1 Å². The van der Waals surface area contributed by atoms with Gasteiger partial charge in [-0.15, -0.1) is 0 Å². The summed E-state index contributed by atoms with van der Waals surface area (Å²) in [6.45, 7) is 0. The van der Waals surface area contributed by atoms with E-state index in [1.54, 1.807) is 31.6 Å². The van der Waals surface area contributed by atoms with Crippen molar-refractivity contribution in [1.29, 1.82) is 0 Å². The highest BCUT2D eigenvalue weighted by atomic mass is 79.9. The normalized spacial score (nSPS) is 10.2. The minimum atomic E-state index is -0.364. The summed E-state index contributed by atoms with van der Waals surface area (Å²) in [5.41, 5.74) is 6.77. The number of anilines is 2. The Morgan fingerprint density at radius 1 is 1.59 bits per heavy atom. The van der Waals surface area contributed by atoms with Crippen molar-refractivity contribution in [2.75, 3.05) is 11.1 Å². The molecule has 1 amide bonds. The number of halogens is 1. The molecule has 2 rings (SSSR count). The van der Waals surface area contributed by atoms with Gasteiger partial charge in [0.05, 0.1) is 11.4 Å². The van der Waals surface area contributed by atoms with E-state index in [-0.39, 0.29) is 11.6 Å². The minimum absolute atomic E-state index is 0.197. The second-order valence-corrected chi connectivity index (χ2v) is 4.15. The number of hydrogen-bond acceptors (Lipinski definition) is 4. The zero-order chi connectivity index (χ0) is 12.4. The summed E-state index contributed by atoms with van der Waals surface area (Å²) < 4.78 is 2.05. The molecule has 2 heterocycles. The maximum atomic E-state index is 11.9. The van der Waals surface area contributed by atoms with Crippen LogP contribution in [-0.2, 0) is 7.05 Å². The fraction of sp³-hybridized carbons (Fsp3) is 0.100. The molecule has 2 aromatic heterocycles. The molecule has 0 spiro atoms. The largest absolute Gasteiger partial charge is 0.396 e. The summed E-state index contributed by atoms with van der Waals surface area (Å²) in [6, 6.07) is 3.45. The standard InChI is InChI=1S/C10H10BrN5O/c1-16-5-6(12)8(15-16)10(17)14-7-3-2-4-13-9(7)11/h2-5H,12H2,1H3,(H,14,17). The lowest BCUT2D eigenvalue weighted by molar-refractivity contribution is 0.102.